The maximum atomic E-state index is 7.51. The zero-order valence-electron chi connectivity index (χ0n) is 37.7. The summed E-state index contributed by atoms with van der Waals surface area (Å²) in [4.78, 5) is 9.37. The fraction of sp³-hybridized carbons (Fsp3) is 0.393. The number of rotatable bonds is 14. The predicted molar refractivity (Wildman–Crippen MR) is 259 cm³/mol. The molecular weight excluding hydrogens is 773 g/mol. The number of benzene rings is 4. The lowest BCUT2D eigenvalue weighted by Crippen LogP contribution is -2.49. The minimum atomic E-state index is -0.437. The molecule has 61 heavy (non-hydrogen) atoms. The highest BCUT2D eigenvalue weighted by molar-refractivity contribution is 6.13. The molecule has 0 bridgehead atoms. The van der Waals surface area contributed by atoms with E-state index in [1.54, 1.807) is 0 Å². The molecule has 4 unspecified atom stereocenters. The first kappa shape index (κ1) is 45.7. The second-order valence-electron chi connectivity index (χ2n) is 19.7. The van der Waals surface area contributed by atoms with Crippen LogP contribution in [0.2, 0.25) is 11.1 Å². The van der Waals surface area contributed by atoms with Crippen molar-refractivity contribution in [2.45, 2.75) is 129 Å². The van der Waals surface area contributed by atoms with E-state index < -0.39 is 11.2 Å². The largest absolute Gasteiger partial charge is 0.369 e. The van der Waals surface area contributed by atoms with Crippen molar-refractivity contribution in [3.05, 3.63) is 155 Å². The van der Waals surface area contributed by atoms with Gasteiger partial charge in [-0.05, 0) is 120 Å². The van der Waals surface area contributed by atoms with Gasteiger partial charge in [0.15, 0.2) is 0 Å². The van der Waals surface area contributed by atoms with Gasteiger partial charge >= 0.3 is 0 Å². The van der Waals surface area contributed by atoms with Crippen molar-refractivity contribution in [3.8, 4) is 23.7 Å². The Morgan fingerprint density at radius 1 is 0.508 bits per heavy atom. The van der Waals surface area contributed by atoms with Crippen LogP contribution in [0.4, 0.5) is 0 Å². The van der Waals surface area contributed by atoms with Gasteiger partial charge < -0.3 is 4.74 Å². The fourth-order valence-electron chi connectivity index (χ4n) is 8.92. The molecule has 6 rings (SSSR count). The van der Waals surface area contributed by atoms with Crippen molar-refractivity contribution in [1.82, 2.24) is 9.97 Å². The first-order chi connectivity index (χ1) is 29.0. The average Bonchev–Trinajstić information content (AvgIpc) is 3.21. The topological polar surface area (TPSA) is 35.0 Å². The van der Waals surface area contributed by atoms with Gasteiger partial charge in [-0.3, -0.25) is 9.97 Å². The second kappa shape index (κ2) is 19.9. The highest BCUT2D eigenvalue weighted by Gasteiger charge is 2.45. The summed E-state index contributed by atoms with van der Waals surface area (Å²) in [5.74, 6) is 13.8. The molecule has 5 heteroatoms. The van der Waals surface area contributed by atoms with Crippen LogP contribution in [-0.4, -0.2) is 41.7 Å². The molecule has 0 amide bonds. The van der Waals surface area contributed by atoms with Gasteiger partial charge in [0.1, 0.15) is 0 Å². The van der Waals surface area contributed by atoms with E-state index in [9.17, 15) is 0 Å². The number of nitrogens with zero attached hydrogens (tertiary/aromatic N) is 2. The van der Waals surface area contributed by atoms with Crippen molar-refractivity contribution >= 4 is 42.0 Å². The summed E-state index contributed by atoms with van der Waals surface area (Å²) in [6.07, 6.45) is 10.5. The number of fused-ring (bicyclic) bond motifs is 2. The van der Waals surface area contributed by atoms with E-state index in [-0.39, 0.29) is 21.9 Å². The Bertz CT molecular complexity index is 2320. The van der Waals surface area contributed by atoms with Crippen LogP contribution in [-0.2, 0) is 17.6 Å². The first-order valence-electron chi connectivity index (χ1n) is 21.9. The quantitative estimate of drug-likeness (QED) is 0.0810. The Balaban J connectivity index is 1.07. The molecule has 2 aromatic heterocycles. The molecule has 6 aromatic rings. The smallest absolute Gasteiger partial charge is 0.0664 e. The first-order valence-corrected chi connectivity index (χ1v) is 23.1. The normalized spacial score (nSPS) is 14.9. The van der Waals surface area contributed by atoms with Gasteiger partial charge in [0, 0.05) is 80.5 Å². The Kier molecular flexibility index (Phi) is 14.9. The van der Waals surface area contributed by atoms with Crippen molar-refractivity contribution in [3.63, 3.8) is 0 Å². The van der Waals surface area contributed by atoms with Gasteiger partial charge in [-0.1, -0.05) is 138 Å². The highest BCUT2D eigenvalue weighted by Crippen LogP contribution is 2.48. The van der Waals surface area contributed by atoms with Gasteiger partial charge in [0.05, 0.1) is 22.6 Å². The Morgan fingerprint density at radius 2 is 0.885 bits per heavy atom. The van der Waals surface area contributed by atoms with Gasteiger partial charge in [0.2, 0.25) is 0 Å². The molecule has 0 aliphatic carbocycles. The molecule has 0 spiro atoms. The van der Waals surface area contributed by atoms with Crippen LogP contribution in [0, 0.1) is 34.5 Å². The van der Waals surface area contributed by atoms with E-state index in [0.717, 1.165) is 73.9 Å². The van der Waals surface area contributed by atoms with Crippen molar-refractivity contribution in [1.29, 1.82) is 0 Å². The molecule has 2 heterocycles. The number of pyridine rings is 2. The van der Waals surface area contributed by atoms with E-state index in [1.165, 1.54) is 32.7 Å². The van der Waals surface area contributed by atoms with Crippen molar-refractivity contribution in [2.24, 2.45) is 10.8 Å². The average molecular weight is 835 g/mol. The third-order valence-corrected chi connectivity index (χ3v) is 13.2. The van der Waals surface area contributed by atoms with Crippen LogP contribution < -0.4 is 0 Å². The SMILES string of the molecule is CC(C)(C)CC(C)(OC(C)(CC(C)(C)C)C([Si])CCC#Cc1ccc(Cc2nccc3ccccc23)cc1)C([Si])CCC#Cc1ccc(Cc2nccc3ccccc23)cc1. The minimum Gasteiger partial charge on any atom is -0.369 e. The fourth-order valence-corrected chi connectivity index (χ4v) is 9.53. The predicted octanol–water partition coefficient (Wildman–Crippen LogP) is 13.2. The molecule has 4 atom stereocenters. The summed E-state index contributed by atoms with van der Waals surface area (Å²) >= 11 is 0. The molecule has 0 aliphatic heterocycles. The van der Waals surface area contributed by atoms with Crippen LogP contribution in [0.15, 0.2) is 122 Å². The van der Waals surface area contributed by atoms with Crippen LogP contribution >= 0.6 is 0 Å². The highest BCUT2D eigenvalue weighted by atomic mass is 28.1. The lowest BCUT2D eigenvalue weighted by Gasteiger charge is -2.50. The molecule has 0 saturated carbocycles. The number of hydrogen-bond donors (Lipinski definition) is 0. The zero-order chi connectivity index (χ0) is 43.7. The molecule has 3 nitrogen and oxygen atoms in total. The molecule has 6 radical (unpaired) electrons. The lowest BCUT2D eigenvalue weighted by molar-refractivity contribution is -0.172. The van der Waals surface area contributed by atoms with E-state index in [2.05, 4.69) is 219 Å². The number of aromatic nitrogens is 2. The molecule has 0 N–H and O–H groups in total. The summed E-state index contributed by atoms with van der Waals surface area (Å²) in [5.41, 5.74) is 6.19. The standard InChI is InChI=1S/C56H62N2OSi2/c1-53(2,3)39-55(7,51(60)23-15-9-17-41-25-29-43(30-26-41)37-49-47-21-13-11-19-45(47)33-35-57-49)59-56(8,40-54(4,5)6)52(61)24-16-10-18-42-27-31-44(32-28-42)38-50-48-22-14-12-20-46(48)34-36-58-50/h11-14,19-22,25-36,51-52H,15-16,23-24,37-40H2,1-8H3. The van der Waals surface area contributed by atoms with Crippen molar-refractivity contribution < 1.29 is 4.74 Å². The molecule has 4 aromatic carbocycles. The van der Waals surface area contributed by atoms with Gasteiger partial charge in [0.25, 0.3) is 0 Å². The van der Waals surface area contributed by atoms with Crippen LogP contribution in [0.1, 0.15) is 128 Å². The van der Waals surface area contributed by atoms with Gasteiger partial charge in [-0.15, -0.1) is 0 Å². The molecule has 0 fully saturated rings. The van der Waals surface area contributed by atoms with Crippen molar-refractivity contribution in [2.75, 3.05) is 0 Å². The summed E-state index contributed by atoms with van der Waals surface area (Å²) < 4.78 is 7.51. The maximum absolute atomic E-state index is 7.51. The Labute approximate surface area is 373 Å². The molecular formula is C56H62N2OSi2. The van der Waals surface area contributed by atoms with Crippen LogP contribution in [0.3, 0.4) is 0 Å². The minimum absolute atomic E-state index is 0.0604. The van der Waals surface area contributed by atoms with Gasteiger partial charge in [-0.25, -0.2) is 0 Å². The van der Waals surface area contributed by atoms with Crippen LogP contribution in [0.5, 0.6) is 0 Å². The zero-order valence-corrected chi connectivity index (χ0v) is 39.7. The summed E-state index contributed by atoms with van der Waals surface area (Å²) in [5, 5.41) is 4.86. The van der Waals surface area contributed by atoms with E-state index >= 15 is 0 Å². The molecule has 310 valence electrons. The van der Waals surface area contributed by atoms with E-state index in [1.807, 2.05) is 12.4 Å². The van der Waals surface area contributed by atoms with E-state index in [0.29, 0.717) is 0 Å². The third-order valence-electron chi connectivity index (χ3n) is 11.4. The third kappa shape index (κ3) is 13.1. The molecule has 0 saturated heterocycles. The summed E-state index contributed by atoms with van der Waals surface area (Å²) in [6.45, 7) is 18.4. The summed E-state index contributed by atoms with van der Waals surface area (Å²) in [7, 11) is 8.46. The van der Waals surface area contributed by atoms with E-state index in [4.69, 9.17) is 4.74 Å². The Morgan fingerprint density at radius 3 is 1.26 bits per heavy atom. The van der Waals surface area contributed by atoms with Gasteiger partial charge in [-0.2, -0.15) is 0 Å². The van der Waals surface area contributed by atoms with Crippen LogP contribution in [0.25, 0.3) is 21.5 Å². The maximum Gasteiger partial charge on any atom is 0.0664 e. The monoisotopic (exact) mass is 834 g/mol. The number of ether oxygens (including phenoxy) is 1. The molecule has 0 aliphatic rings. The Hall–Kier alpha value is -4.79. The lowest BCUT2D eigenvalue weighted by atomic mass is 9.76. The summed E-state index contributed by atoms with van der Waals surface area (Å²) in [6, 6.07) is 38.3. The second-order valence-corrected chi connectivity index (χ2v) is 21.1. The number of hydrogen-bond acceptors (Lipinski definition) is 3.